The monoisotopic (exact) mass is 654 g/mol. The maximum atomic E-state index is 5.61. The molecular formula is C46H46N4. The molecule has 0 unspecified atom stereocenters. The van der Waals surface area contributed by atoms with Crippen molar-refractivity contribution in [2.24, 2.45) is 0 Å². The third-order valence-corrected chi connectivity index (χ3v) is 10.2. The Balaban J connectivity index is 1.40. The standard InChI is InChI=1S/C46H46N4/c1-44(2,3)31-20-21-38-35(25-31)36-26-32(45(4,5)6)27-37(41(36)48-38)43-49-42-34(18-13-19-39(42)50(43)46(7,8)9)29-15-12-16-30(24-29)40-33-17-11-10-14-28(33)22-23-47-40/h10-27,48H,1-9H3. The minimum atomic E-state index is -0.229. The molecule has 8 rings (SSSR count). The quantitative estimate of drug-likeness (QED) is 0.206. The number of H-pyrrole nitrogens is 1. The van der Waals surface area contributed by atoms with Gasteiger partial charge in [0.25, 0.3) is 0 Å². The topological polar surface area (TPSA) is 46.5 Å². The molecule has 0 saturated carbocycles. The number of pyridine rings is 1. The summed E-state index contributed by atoms with van der Waals surface area (Å²) >= 11 is 0. The van der Waals surface area contributed by atoms with E-state index < -0.39 is 0 Å². The fourth-order valence-corrected chi connectivity index (χ4v) is 7.45. The highest BCUT2D eigenvalue weighted by atomic mass is 15.1. The van der Waals surface area contributed by atoms with E-state index in [1.807, 2.05) is 6.20 Å². The van der Waals surface area contributed by atoms with Crippen LogP contribution in [0.5, 0.6) is 0 Å². The molecule has 0 saturated heterocycles. The number of aromatic nitrogens is 4. The Kier molecular flexibility index (Phi) is 7.14. The van der Waals surface area contributed by atoms with Crippen molar-refractivity contribution >= 4 is 43.6 Å². The van der Waals surface area contributed by atoms with E-state index in [-0.39, 0.29) is 16.4 Å². The van der Waals surface area contributed by atoms with Gasteiger partial charge in [-0.3, -0.25) is 4.98 Å². The Bertz CT molecular complexity index is 2590. The van der Waals surface area contributed by atoms with E-state index in [2.05, 4.69) is 175 Å². The molecule has 0 spiro atoms. The predicted octanol–water partition coefficient (Wildman–Crippen LogP) is 12.6. The maximum absolute atomic E-state index is 5.61. The SMILES string of the molecule is CC(C)(C)c1ccc2[nH]c3c(-c4nc5c(-c6cccc(-c7nccc8ccccc78)c6)cccc5n4C(C)(C)C)cc(C(C)(C)C)cc3c2c1. The van der Waals surface area contributed by atoms with E-state index in [0.29, 0.717) is 0 Å². The van der Waals surface area contributed by atoms with Crippen LogP contribution in [0.2, 0.25) is 0 Å². The van der Waals surface area contributed by atoms with Crippen LogP contribution >= 0.6 is 0 Å². The van der Waals surface area contributed by atoms with Crippen LogP contribution in [0.25, 0.3) is 77.4 Å². The number of hydrogen-bond donors (Lipinski definition) is 1. The van der Waals surface area contributed by atoms with Crippen LogP contribution in [-0.2, 0) is 16.4 Å². The summed E-state index contributed by atoms with van der Waals surface area (Å²) in [5, 5.41) is 4.85. The van der Waals surface area contributed by atoms with Crippen LogP contribution in [0, 0.1) is 0 Å². The molecule has 5 aromatic carbocycles. The number of rotatable bonds is 3. The second kappa shape index (κ2) is 11.1. The Morgan fingerprint density at radius 1 is 0.580 bits per heavy atom. The first-order valence-electron chi connectivity index (χ1n) is 17.8. The number of aromatic amines is 1. The Morgan fingerprint density at radius 2 is 1.30 bits per heavy atom. The Morgan fingerprint density at radius 3 is 2.06 bits per heavy atom. The van der Waals surface area contributed by atoms with Crippen molar-refractivity contribution in [1.82, 2.24) is 19.5 Å². The lowest BCUT2D eigenvalue weighted by molar-refractivity contribution is 0.413. The summed E-state index contributed by atoms with van der Waals surface area (Å²) in [6.07, 6.45) is 1.91. The first-order valence-corrected chi connectivity index (χ1v) is 17.8. The largest absolute Gasteiger partial charge is 0.354 e. The number of nitrogens with zero attached hydrogens (tertiary/aromatic N) is 3. The van der Waals surface area contributed by atoms with Gasteiger partial charge in [0.15, 0.2) is 0 Å². The minimum absolute atomic E-state index is 0.0476. The molecule has 3 heterocycles. The number of nitrogens with one attached hydrogen (secondary N) is 1. The van der Waals surface area contributed by atoms with Crippen molar-refractivity contribution < 1.29 is 0 Å². The Hall–Kier alpha value is -5.22. The van der Waals surface area contributed by atoms with Gasteiger partial charge in [0.05, 0.1) is 22.2 Å². The fraction of sp³-hybridized carbons (Fsp3) is 0.261. The first kappa shape index (κ1) is 32.0. The number of para-hydroxylation sites is 1. The molecule has 4 heteroatoms. The summed E-state index contributed by atoms with van der Waals surface area (Å²) in [6, 6.07) is 37.6. The van der Waals surface area contributed by atoms with E-state index >= 15 is 0 Å². The average molecular weight is 655 g/mol. The van der Waals surface area contributed by atoms with Crippen molar-refractivity contribution in [3.63, 3.8) is 0 Å². The highest BCUT2D eigenvalue weighted by Crippen LogP contribution is 2.43. The normalized spacial score (nSPS) is 12.9. The van der Waals surface area contributed by atoms with Crippen LogP contribution < -0.4 is 0 Å². The molecule has 0 radical (unpaired) electrons. The summed E-state index contributed by atoms with van der Waals surface area (Å²) < 4.78 is 2.44. The molecule has 0 bridgehead atoms. The van der Waals surface area contributed by atoms with Crippen molar-refractivity contribution in [2.75, 3.05) is 0 Å². The van der Waals surface area contributed by atoms with E-state index in [9.17, 15) is 0 Å². The second-order valence-electron chi connectivity index (χ2n) is 16.9. The van der Waals surface area contributed by atoms with Gasteiger partial charge in [0.2, 0.25) is 0 Å². The van der Waals surface area contributed by atoms with Crippen LogP contribution in [0.3, 0.4) is 0 Å². The van der Waals surface area contributed by atoms with Crippen LogP contribution in [0.15, 0.2) is 109 Å². The summed E-state index contributed by atoms with van der Waals surface area (Å²) in [5.41, 5.74) is 12.3. The summed E-state index contributed by atoms with van der Waals surface area (Å²) in [6.45, 7) is 20.6. The molecule has 0 aliphatic rings. The predicted molar refractivity (Wildman–Crippen MR) is 213 cm³/mol. The van der Waals surface area contributed by atoms with Gasteiger partial charge >= 0.3 is 0 Å². The molecule has 3 aromatic heterocycles. The number of benzene rings is 5. The van der Waals surface area contributed by atoms with Crippen molar-refractivity contribution in [2.45, 2.75) is 78.7 Å². The summed E-state index contributed by atoms with van der Waals surface area (Å²) in [4.78, 5) is 14.3. The van der Waals surface area contributed by atoms with Gasteiger partial charge in [-0.05, 0) is 96.1 Å². The molecule has 0 amide bonds. The van der Waals surface area contributed by atoms with Crippen LogP contribution in [0.1, 0.15) is 73.4 Å². The number of fused-ring (bicyclic) bond motifs is 5. The molecule has 0 fully saturated rings. The molecule has 1 N–H and O–H groups in total. The number of hydrogen-bond acceptors (Lipinski definition) is 2. The third-order valence-electron chi connectivity index (χ3n) is 10.2. The highest BCUT2D eigenvalue weighted by Gasteiger charge is 2.28. The lowest BCUT2D eigenvalue weighted by Gasteiger charge is -2.26. The zero-order valence-electron chi connectivity index (χ0n) is 30.7. The molecule has 250 valence electrons. The van der Waals surface area contributed by atoms with Crippen molar-refractivity contribution in [3.8, 4) is 33.8 Å². The third kappa shape index (κ3) is 5.29. The van der Waals surface area contributed by atoms with Gasteiger partial charge in [-0.1, -0.05) is 102 Å². The van der Waals surface area contributed by atoms with E-state index in [0.717, 1.165) is 61.2 Å². The smallest absolute Gasteiger partial charge is 0.143 e. The van der Waals surface area contributed by atoms with E-state index in [4.69, 9.17) is 9.97 Å². The highest BCUT2D eigenvalue weighted by molar-refractivity contribution is 6.12. The Labute approximate surface area is 295 Å². The molecule has 0 aliphatic carbocycles. The summed E-state index contributed by atoms with van der Waals surface area (Å²) in [7, 11) is 0. The van der Waals surface area contributed by atoms with Crippen LogP contribution in [-0.4, -0.2) is 19.5 Å². The maximum Gasteiger partial charge on any atom is 0.143 e. The van der Waals surface area contributed by atoms with Gasteiger partial charge in [0.1, 0.15) is 5.82 Å². The summed E-state index contributed by atoms with van der Waals surface area (Å²) in [5.74, 6) is 0.977. The lowest BCUT2D eigenvalue weighted by atomic mass is 9.84. The number of imidazole rings is 1. The fourth-order valence-electron chi connectivity index (χ4n) is 7.45. The minimum Gasteiger partial charge on any atom is -0.354 e. The van der Waals surface area contributed by atoms with E-state index in [1.165, 1.54) is 27.3 Å². The van der Waals surface area contributed by atoms with Gasteiger partial charge in [-0.2, -0.15) is 0 Å². The lowest BCUT2D eigenvalue weighted by Crippen LogP contribution is -2.23. The molecule has 4 nitrogen and oxygen atoms in total. The van der Waals surface area contributed by atoms with Crippen LogP contribution in [0.4, 0.5) is 0 Å². The molecule has 0 atom stereocenters. The molecule has 0 aliphatic heterocycles. The van der Waals surface area contributed by atoms with E-state index in [1.54, 1.807) is 0 Å². The zero-order chi connectivity index (χ0) is 35.2. The van der Waals surface area contributed by atoms with Gasteiger partial charge in [-0.25, -0.2) is 4.98 Å². The second-order valence-corrected chi connectivity index (χ2v) is 16.9. The zero-order valence-corrected chi connectivity index (χ0v) is 30.7. The molecule has 8 aromatic rings. The first-order chi connectivity index (χ1) is 23.7. The van der Waals surface area contributed by atoms with Crippen molar-refractivity contribution in [1.29, 1.82) is 0 Å². The average Bonchev–Trinajstić information content (AvgIpc) is 3.66. The molecule has 50 heavy (non-hydrogen) atoms. The van der Waals surface area contributed by atoms with Gasteiger partial charge in [0, 0.05) is 50.1 Å². The van der Waals surface area contributed by atoms with Crippen molar-refractivity contribution in [3.05, 3.63) is 120 Å². The van der Waals surface area contributed by atoms with Gasteiger partial charge in [-0.15, -0.1) is 0 Å². The molecular weight excluding hydrogens is 609 g/mol. The van der Waals surface area contributed by atoms with Gasteiger partial charge < -0.3 is 9.55 Å².